The largest absolute Gasteiger partial charge is 0.454 e. The van der Waals surface area contributed by atoms with Gasteiger partial charge in [-0.25, -0.2) is 4.79 Å². The van der Waals surface area contributed by atoms with Gasteiger partial charge < -0.3 is 19.7 Å². The molecule has 2 aromatic rings. The zero-order chi connectivity index (χ0) is 18.5. The number of piperidine rings is 1. The molecule has 1 atom stereocenters. The minimum absolute atomic E-state index is 0.0124. The van der Waals surface area contributed by atoms with Crippen LogP contribution in [0.1, 0.15) is 36.9 Å². The summed E-state index contributed by atoms with van der Waals surface area (Å²) in [5, 5.41) is 3.06. The molecule has 3 heterocycles. The maximum Gasteiger partial charge on any atom is 0.317 e. The van der Waals surface area contributed by atoms with Crippen molar-refractivity contribution in [2.75, 3.05) is 13.3 Å². The zero-order valence-corrected chi connectivity index (χ0v) is 15.4. The van der Waals surface area contributed by atoms with Gasteiger partial charge in [0.2, 0.25) is 6.79 Å². The second kappa shape index (κ2) is 8.29. The first-order chi connectivity index (χ1) is 13.3. The molecule has 6 nitrogen and oxygen atoms in total. The minimum atomic E-state index is 0.0124. The molecule has 1 saturated heterocycles. The first-order valence-corrected chi connectivity index (χ1v) is 9.62. The van der Waals surface area contributed by atoms with Gasteiger partial charge in [0, 0.05) is 31.0 Å². The average Bonchev–Trinajstić information content (AvgIpc) is 3.19. The lowest BCUT2D eigenvalue weighted by molar-refractivity contribution is 0.146. The summed E-state index contributed by atoms with van der Waals surface area (Å²) in [7, 11) is 0. The third-order valence-corrected chi connectivity index (χ3v) is 5.23. The van der Waals surface area contributed by atoms with Gasteiger partial charge in [-0.1, -0.05) is 12.1 Å². The number of pyridine rings is 1. The minimum Gasteiger partial charge on any atom is -0.454 e. The van der Waals surface area contributed by atoms with Crippen molar-refractivity contribution in [3.63, 3.8) is 0 Å². The van der Waals surface area contributed by atoms with Gasteiger partial charge in [-0.15, -0.1) is 0 Å². The molecule has 1 aromatic heterocycles. The van der Waals surface area contributed by atoms with Crippen LogP contribution in [-0.4, -0.2) is 35.3 Å². The maximum absolute atomic E-state index is 12.8. The van der Waals surface area contributed by atoms with E-state index in [9.17, 15) is 4.79 Å². The van der Waals surface area contributed by atoms with Crippen LogP contribution >= 0.6 is 0 Å². The van der Waals surface area contributed by atoms with E-state index in [2.05, 4.69) is 10.3 Å². The number of hydrogen-bond donors (Lipinski definition) is 1. The Hall–Kier alpha value is -2.76. The molecule has 4 rings (SSSR count). The van der Waals surface area contributed by atoms with Crippen molar-refractivity contribution in [3.05, 3.63) is 53.9 Å². The number of hydrogen-bond acceptors (Lipinski definition) is 4. The first kappa shape index (κ1) is 17.6. The summed E-state index contributed by atoms with van der Waals surface area (Å²) < 4.78 is 10.7. The number of ether oxygens (including phenoxy) is 2. The Morgan fingerprint density at radius 3 is 3.00 bits per heavy atom. The summed E-state index contributed by atoms with van der Waals surface area (Å²) in [4.78, 5) is 19.2. The van der Waals surface area contributed by atoms with Crippen molar-refractivity contribution < 1.29 is 14.3 Å². The number of fused-ring (bicyclic) bond motifs is 1. The lowest BCUT2D eigenvalue weighted by atomic mass is 9.97. The second-order valence-electron chi connectivity index (χ2n) is 7.05. The number of carbonyl (C=O) groups is 1. The normalized spacial score (nSPS) is 18.4. The number of amides is 2. The number of rotatable bonds is 5. The molecule has 1 aromatic carbocycles. The molecule has 27 heavy (non-hydrogen) atoms. The van der Waals surface area contributed by atoms with E-state index < -0.39 is 0 Å². The van der Waals surface area contributed by atoms with E-state index >= 15 is 0 Å². The summed E-state index contributed by atoms with van der Waals surface area (Å²) in [6, 6.07) is 12.1. The number of aromatic nitrogens is 1. The molecule has 0 saturated carbocycles. The monoisotopic (exact) mass is 367 g/mol. The molecule has 0 bridgehead atoms. The van der Waals surface area contributed by atoms with Gasteiger partial charge in [-0.05, 0) is 61.9 Å². The molecule has 2 aliphatic rings. The van der Waals surface area contributed by atoms with E-state index in [4.69, 9.17) is 9.47 Å². The number of benzene rings is 1. The van der Waals surface area contributed by atoms with Crippen LogP contribution in [0.5, 0.6) is 11.5 Å². The van der Waals surface area contributed by atoms with Crippen LogP contribution in [-0.2, 0) is 13.0 Å². The number of carbonyl (C=O) groups excluding carboxylic acids is 1. The number of nitrogens with one attached hydrogen (secondary N) is 1. The van der Waals surface area contributed by atoms with Crippen molar-refractivity contribution in [3.8, 4) is 11.5 Å². The van der Waals surface area contributed by atoms with Gasteiger partial charge in [-0.2, -0.15) is 0 Å². The van der Waals surface area contributed by atoms with E-state index in [1.54, 1.807) is 0 Å². The van der Waals surface area contributed by atoms with Gasteiger partial charge in [0.15, 0.2) is 11.5 Å². The van der Waals surface area contributed by atoms with Gasteiger partial charge in [0.25, 0.3) is 0 Å². The fraction of sp³-hybridized carbons (Fsp3) is 0.429. The number of urea groups is 1. The van der Waals surface area contributed by atoms with Crippen LogP contribution < -0.4 is 14.8 Å². The first-order valence-electron chi connectivity index (χ1n) is 9.62. The van der Waals surface area contributed by atoms with Crippen molar-refractivity contribution in [2.45, 2.75) is 44.7 Å². The highest BCUT2D eigenvalue weighted by atomic mass is 16.7. The Morgan fingerprint density at radius 2 is 2.11 bits per heavy atom. The quantitative estimate of drug-likeness (QED) is 0.878. The predicted octanol–water partition coefficient (Wildman–Crippen LogP) is 3.51. The summed E-state index contributed by atoms with van der Waals surface area (Å²) >= 11 is 0. The van der Waals surface area contributed by atoms with E-state index in [1.807, 2.05) is 47.5 Å². The molecule has 2 amide bonds. The molecule has 0 spiro atoms. The van der Waals surface area contributed by atoms with Crippen molar-refractivity contribution in [2.24, 2.45) is 0 Å². The van der Waals surface area contributed by atoms with Crippen LogP contribution in [0.25, 0.3) is 0 Å². The summed E-state index contributed by atoms with van der Waals surface area (Å²) in [5.74, 6) is 1.50. The maximum atomic E-state index is 12.8. The van der Waals surface area contributed by atoms with Gasteiger partial charge in [0.05, 0.1) is 0 Å². The Labute approximate surface area is 159 Å². The molecule has 1 N–H and O–H groups in total. The fourth-order valence-electron chi connectivity index (χ4n) is 3.76. The van der Waals surface area contributed by atoms with E-state index in [-0.39, 0.29) is 18.9 Å². The third-order valence-electron chi connectivity index (χ3n) is 5.23. The molecule has 142 valence electrons. The summed E-state index contributed by atoms with van der Waals surface area (Å²) in [6.45, 7) is 1.57. The molecular formula is C21H25N3O3. The van der Waals surface area contributed by atoms with Crippen molar-refractivity contribution >= 4 is 6.03 Å². The van der Waals surface area contributed by atoms with Gasteiger partial charge in [0.1, 0.15) is 0 Å². The fourth-order valence-corrected chi connectivity index (χ4v) is 3.76. The Balaban J connectivity index is 1.33. The van der Waals surface area contributed by atoms with Crippen LogP contribution in [0.2, 0.25) is 0 Å². The highest BCUT2D eigenvalue weighted by Gasteiger charge is 2.26. The van der Waals surface area contributed by atoms with Crippen LogP contribution in [0.3, 0.4) is 0 Å². The molecule has 6 heteroatoms. The predicted molar refractivity (Wildman–Crippen MR) is 102 cm³/mol. The number of nitrogens with zero attached hydrogens (tertiary/aromatic N) is 2. The standard InChI is InChI=1S/C21H25N3O3/c25-21(23-14-16-7-10-19-20(13-16)27-15-26-19)24-12-4-2-6-18(24)9-8-17-5-1-3-11-22-17/h1,3,5,7,10-11,13,18H,2,4,6,8-9,12,14-15H2,(H,23,25)/t18-/m0/s1. The van der Waals surface area contributed by atoms with E-state index in [1.165, 1.54) is 6.42 Å². The van der Waals surface area contributed by atoms with E-state index in [0.29, 0.717) is 6.54 Å². The van der Waals surface area contributed by atoms with Crippen molar-refractivity contribution in [1.29, 1.82) is 0 Å². The number of aryl methyl sites for hydroxylation is 1. The van der Waals surface area contributed by atoms with Crippen LogP contribution in [0.4, 0.5) is 4.79 Å². The Kier molecular flexibility index (Phi) is 5.42. The average molecular weight is 367 g/mol. The molecule has 1 fully saturated rings. The molecule has 0 aliphatic carbocycles. The Bertz CT molecular complexity index is 781. The summed E-state index contributed by atoms with van der Waals surface area (Å²) in [6.07, 6.45) is 6.98. The lowest BCUT2D eigenvalue weighted by Crippen LogP contribution is -2.48. The topological polar surface area (TPSA) is 63.7 Å². The smallest absolute Gasteiger partial charge is 0.317 e. The van der Waals surface area contributed by atoms with E-state index in [0.717, 1.165) is 55.0 Å². The number of likely N-dealkylation sites (tertiary alicyclic amines) is 1. The van der Waals surface area contributed by atoms with Gasteiger partial charge >= 0.3 is 6.03 Å². The zero-order valence-electron chi connectivity index (χ0n) is 15.4. The van der Waals surface area contributed by atoms with Crippen molar-refractivity contribution in [1.82, 2.24) is 15.2 Å². The lowest BCUT2D eigenvalue weighted by Gasteiger charge is -2.35. The third kappa shape index (κ3) is 4.32. The molecule has 0 radical (unpaired) electrons. The SMILES string of the molecule is O=C(NCc1ccc2c(c1)OCO2)N1CCCC[C@H]1CCc1ccccn1. The van der Waals surface area contributed by atoms with Crippen LogP contribution in [0, 0.1) is 0 Å². The highest BCUT2D eigenvalue weighted by Crippen LogP contribution is 2.32. The van der Waals surface area contributed by atoms with Crippen LogP contribution in [0.15, 0.2) is 42.6 Å². The Morgan fingerprint density at radius 1 is 1.19 bits per heavy atom. The molecule has 0 unspecified atom stereocenters. The molecular weight excluding hydrogens is 342 g/mol. The molecule has 2 aliphatic heterocycles. The summed E-state index contributed by atoms with van der Waals surface area (Å²) in [5.41, 5.74) is 2.10. The highest BCUT2D eigenvalue weighted by molar-refractivity contribution is 5.74. The second-order valence-corrected chi connectivity index (χ2v) is 7.05. The van der Waals surface area contributed by atoms with Gasteiger partial charge in [-0.3, -0.25) is 4.98 Å².